The van der Waals surface area contributed by atoms with Gasteiger partial charge in [-0.15, -0.1) is 0 Å². The van der Waals surface area contributed by atoms with Crippen LogP contribution in [0.3, 0.4) is 0 Å². The number of anilines is 1. The molecular weight excluding hydrogens is 274 g/mol. The Balaban J connectivity index is 2.03. The van der Waals surface area contributed by atoms with Crippen LogP contribution in [0.15, 0.2) is 36.4 Å². The molecule has 0 aliphatic rings. The third-order valence-electron chi connectivity index (χ3n) is 2.61. The molecule has 0 radical (unpaired) electrons. The number of rotatable bonds is 5. The Kier molecular flexibility index (Phi) is 4.35. The number of aromatic carboxylic acids is 1. The second-order valence-electron chi connectivity index (χ2n) is 4.04. The normalized spacial score (nSPS) is 10.5. The first-order chi connectivity index (χ1) is 10.1. The van der Waals surface area contributed by atoms with Crippen LogP contribution in [0.4, 0.5) is 5.82 Å². The summed E-state index contributed by atoms with van der Waals surface area (Å²) in [4.78, 5) is 22.4. The Bertz CT molecular complexity index is 691. The van der Waals surface area contributed by atoms with E-state index in [-0.39, 0.29) is 11.5 Å². The van der Waals surface area contributed by atoms with Gasteiger partial charge in [-0.3, -0.25) is 9.89 Å². The van der Waals surface area contributed by atoms with Crippen molar-refractivity contribution in [3.8, 4) is 5.75 Å². The lowest BCUT2D eigenvalue weighted by molar-refractivity contribution is -0.111. The number of amides is 1. The topological polar surface area (TPSA) is 104 Å². The summed E-state index contributed by atoms with van der Waals surface area (Å²) in [6, 6.07) is 8.47. The lowest BCUT2D eigenvalue weighted by Gasteiger charge is -2.03. The van der Waals surface area contributed by atoms with E-state index < -0.39 is 11.9 Å². The van der Waals surface area contributed by atoms with Crippen LogP contribution in [-0.2, 0) is 4.79 Å². The predicted molar refractivity (Wildman–Crippen MR) is 76.2 cm³/mol. The van der Waals surface area contributed by atoms with Crippen LogP contribution in [0.1, 0.15) is 16.1 Å². The van der Waals surface area contributed by atoms with Crippen LogP contribution in [0.25, 0.3) is 6.08 Å². The number of nitrogens with one attached hydrogen (secondary N) is 2. The van der Waals surface area contributed by atoms with Gasteiger partial charge in [0.2, 0.25) is 5.91 Å². The van der Waals surface area contributed by atoms with Crippen LogP contribution < -0.4 is 10.1 Å². The van der Waals surface area contributed by atoms with Gasteiger partial charge in [0.1, 0.15) is 11.4 Å². The molecule has 0 saturated heterocycles. The second kappa shape index (κ2) is 6.38. The number of carbonyl (C=O) groups excluding carboxylic acids is 1. The summed E-state index contributed by atoms with van der Waals surface area (Å²) in [5.41, 5.74) is 0.655. The fourth-order valence-corrected chi connectivity index (χ4v) is 1.63. The van der Waals surface area contributed by atoms with Crippen LogP contribution in [0.2, 0.25) is 0 Å². The Morgan fingerprint density at radius 2 is 2.14 bits per heavy atom. The zero-order chi connectivity index (χ0) is 15.2. The summed E-state index contributed by atoms with van der Waals surface area (Å²) in [6.45, 7) is 0. The molecule has 0 atom stereocenters. The Morgan fingerprint density at radius 3 is 2.81 bits per heavy atom. The fourth-order valence-electron chi connectivity index (χ4n) is 1.63. The molecule has 0 fully saturated rings. The van der Waals surface area contributed by atoms with Gasteiger partial charge in [0.25, 0.3) is 0 Å². The number of benzene rings is 1. The molecule has 2 rings (SSSR count). The number of ether oxygens (including phenoxy) is 1. The number of carboxylic acids is 1. The number of para-hydroxylation sites is 1. The highest BCUT2D eigenvalue weighted by molar-refractivity contribution is 6.02. The molecule has 3 N–H and O–H groups in total. The van der Waals surface area contributed by atoms with Gasteiger partial charge < -0.3 is 15.2 Å². The highest BCUT2D eigenvalue weighted by atomic mass is 16.5. The van der Waals surface area contributed by atoms with Gasteiger partial charge in [-0.05, 0) is 12.1 Å². The molecule has 0 bridgehead atoms. The maximum absolute atomic E-state index is 11.7. The van der Waals surface area contributed by atoms with Crippen LogP contribution in [0, 0.1) is 0 Å². The molecule has 0 saturated carbocycles. The molecule has 1 aromatic carbocycles. The van der Waals surface area contributed by atoms with Gasteiger partial charge in [-0.2, -0.15) is 5.10 Å². The third kappa shape index (κ3) is 3.69. The quantitative estimate of drug-likeness (QED) is 0.727. The summed E-state index contributed by atoms with van der Waals surface area (Å²) in [5.74, 6) is -0.784. The van der Waals surface area contributed by atoms with Crippen LogP contribution in [0.5, 0.6) is 5.75 Å². The van der Waals surface area contributed by atoms with E-state index in [0.29, 0.717) is 5.75 Å². The van der Waals surface area contributed by atoms with Gasteiger partial charge in [0, 0.05) is 17.7 Å². The molecule has 7 nitrogen and oxygen atoms in total. The second-order valence-corrected chi connectivity index (χ2v) is 4.04. The number of hydrogen-bond acceptors (Lipinski definition) is 4. The summed E-state index contributed by atoms with van der Waals surface area (Å²) >= 11 is 0. The minimum atomic E-state index is -1.15. The van der Waals surface area contributed by atoms with E-state index in [9.17, 15) is 9.59 Å². The number of H-pyrrole nitrogens is 1. The predicted octanol–water partition coefficient (Wildman–Crippen LogP) is 1.77. The largest absolute Gasteiger partial charge is 0.496 e. The smallest absolute Gasteiger partial charge is 0.353 e. The highest BCUT2D eigenvalue weighted by Crippen LogP contribution is 2.18. The van der Waals surface area contributed by atoms with Crippen LogP contribution in [-0.4, -0.2) is 34.3 Å². The minimum absolute atomic E-state index is 0.0981. The molecule has 2 aromatic rings. The van der Waals surface area contributed by atoms with E-state index in [0.717, 1.165) is 5.56 Å². The number of hydrogen-bond donors (Lipinski definition) is 3. The molecule has 1 aromatic heterocycles. The van der Waals surface area contributed by atoms with Crippen molar-refractivity contribution in [2.75, 3.05) is 12.4 Å². The van der Waals surface area contributed by atoms with Crippen molar-refractivity contribution in [3.63, 3.8) is 0 Å². The molecule has 0 spiro atoms. The highest BCUT2D eigenvalue weighted by Gasteiger charge is 2.08. The van der Waals surface area contributed by atoms with Gasteiger partial charge in [0.05, 0.1) is 7.11 Å². The molecule has 1 heterocycles. The van der Waals surface area contributed by atoms with Gasteiger partial charge >= 0.3 is 5.97 Å². The monoisotopic (exact) mass is 287 g/mol. The number of nitrogens with zero attached hydrogens (tertiary/aromatic N) is 1. The Morgan fingerprint density at radius 1 is 1.38 bits per heavy atom. The molecule has 1 amide bonds. The lowest BCUT2D eigenvalue weighted by Crippen LogP contribution is -2.08. The van der Waals surface area contributed by atoms with Gasteiger partial charge in [-0.1, -0.05) is 18.2 Å². The standard InChI is InChI=1S/C14H13N3O4/c1-21-11-5-3-2-4-9(11)6-7-13(18)15-12-8-10(14(19)20)16-17-12/h2-8H,1H3,(H,19,20)(H2,15,16,17,18). The molecule has 0 aliphatic carbocycles. The third-order valence-corrected chi connectivity index (χ3v) is 2.61. The van der Waals surface area contributed by atoms with E-state index in [1.807, 2.05) is 12.1 Å². The number of carbonyl (C=O) groups is 2. The first-order valence-corrected chi connectivity index (χ1v) is 6.01. The van der Waals surface area contributed by atoms with E-state index in [4.69, 9.17) is 9.84 Å². The summed E-state index contributed by atoms with van der Waals surface area (Å²) in [5, 5.41) is 17.1. The number of carboxylic acid groups (broad SMARTS) is 1. The maximum Gasteiger partial charge on any atom is 0.353 e. The summed E-state index contributed by atoms with van der Waals surface area (Å²) in [7, 11) is 1.55. The molecule has 0 aliphatic heterocycles. The first kappa shape index (κ1) is 14.3. The van der Waals surface area contributed by atoms with Crippen molar-refractivity contribution in [2.45, 2.75) is 0 Å². The summed E-state index contributed by atoms with van der Waals surface area (Å²) in [6.07, 6.45) is 2.91. The Hall–Kier alpha value is -3.09. The number of methoxy groups -OCH3 is 1. The van der Waals surface area contributed by atoms with Crippen molar-refractivity contribution in [3.05, 3.63) is 47.7 Å². The van der Waals surface area contributed by atoms with Crippen molar-refractivity contribution in [2.24, 2.45) is 0 Å². The van der Waals surface area contributed by atoms with Crippen molar-refractivity contribution in [1.82, 2.24) is 10.2 Å². The first-order valence-electron chi connectivity index (χ1n) is 6.01. The summed E-state index contributed by atoms with van der Waals surface area (Å²) < 4.78 is 5.16. The van der Waals surface area contributed by atoms with E-state index in [2.05, 4.69) is 15.5 Å². The van der Waals surface area contributed by atoms with E-state index >= 15 is 0 Å². The average Bonchev–Trinajstić information content (AvgIpc) is 2.94. The fraction of sp³-hybridized carbons (Fsp3) is 0.0714. The lowest BCUT2D eigenvalue weighted by atomic mass is 10.2. The molecule has 21 heavy (non-hydrogen) atoms. The van der Waals surface area contributed by atoms with Gasteiger partial charge in [0.15, 0.2) is 5.82 Å². The van der Waals surface area contributed by atoms with Crippen molar-refractivity contribution < 1.29 is 19.4 Å². The van der Waals surface area contributed by atoms with Crippen LogP contribution >= 0.6 is 0 Å². The van der Waals surface area contributed by atoms with Crippen molar-refractivity contribution in [1.29, 1.82) is 0 Å². The number of aromatic amines is 1. The zero-order valence-corrected chi connectivity index (χ0v) is 11.2. The SMILES string of the molecule is COc1ccccc1C=CC(=O)Nc1cc(C(=O)O)[nH]n1. The van der Waals surface area contributed by atoms with Crippen molar-refractivity contribution >= 4 is 23.8 Å². The average molecular weight is 287 g/mol. The van der Waals surface area contributed by atoms with E-state index in [1.54, 1.807) is 25.3 Å². The maximum atomic E-state index is 11.7. The molecule has 7 heteroatoms. The molecule has 0 unspecified atom stereocenters. The Labute approximate surface area is 120 Å². The molecular formula is C14H13N3O4. The minimum Gasteiger partial charge on any atom is -0.496 e. The zero-order valence-electron chi connectivity index (χ0n) is 11.2. The number of aromatic nitrogens is 2. The molecule has 108 valence electrons. The van der Waals surface area contributed by atoms with E-state index in [1.165, 1.54) is 12.1 Å². The van der Waals surface area contributed by atoms with Gasteiger partial charge in [-0.25, -0.2) is 4.79 Å².